The number of aryl methyl sites for hydroxylation is 2. The summed E-state index contributed by atoms with van der Waals surface area (Å²) < 4.78 is 0. The standard InChI is InChI=1S/C25H31N3O2/c1-25(2,30)22-9-10-28(22)24(29)21-14-26-23(27-15-21)8-3-16-11-19(17-4-5-17)13-20(12-16)18-6-7-18/h11-15,17-18,22,30H,3-10H2,1-2H3. The highest BCUT2D eigenvalue weighted by atomic mass is 16.3. The van der Waals surface area contributed by atoms with Crippen LogP contribution in [-0.4, -0.2) is 44.1 Å². The number of nitrogens with zero attached hydrogens (tertiary/aromatic N) is 3. The van der Waals surface area contributed by atoms with Crippen LogP contribution in [-0.2, 0) is 12.8 Å². The number of carbonyl (C=O) groups is 1. The van der Waals surface area contributed by atoms with Crippen LogP contribution < -0.4 is 0 Å². The van der Waals surface area contributed by atoms with Crippen LogP contribution in [0.3, 0.4) is 0 Å². The molecule has 1 N–H and O–H groups in total. The number of likely N-dealkylation sites (tertiary alicyclic amines) is 1. The molecule has 0 bridgehead atoms. The lowest BCUT2D eigenvalue weighted by molar-refractivity contribution is -0.0550. The van der Waals surface area contributed by atoms with Crippen molar-refractivity contribution in [2.45, 2.75) is 82.3 Å². The molecule has 2 heterocycles. The molecule has 2 saturated carbocycles. The highest BCUT2D eigenvalue weighted by Crippen LogP contribution is 2.45. The Morgan fingerprint density at radius 3 is 2.07 bits per heavy atom. The zero-order valence-electron chi connectivity index (χ0n) is 18.0. The van der Waals surface area contributed by atoms with Gasteiger partial charge in [-0.15, -0.1) is 0 Å². The minimum Gasteiger partial charge on any atom is -0.388 e. The Hall–Kier alpha value is -2.27. The second-order valence-corrected chi connectivity index (χ2v) is 9.90. The van der Waals surface area contributed by atoms with E-state index in [1.54, 1.807) is 31.1 Å². The van der Waals surface area contributed by atoms with Crippen molar-refractivity contribution in [1.29, 1.82) is 0 Å². The van der Waals surface area contributed by atoms with E-state index >= 15 is 0 Å². The fourth-order valence-corrected chi connectivity index (χ4v) is 4.58. The van der Waals surface area contributed by atoms with Crippen molar-refractivity contribution in [2.24, 2.45) is 0 Å². The molecule has 1 amide bonds. The Morgan fingerprint density at radius 1 is 1.00 bits per heavy atom. The first kappa shape index (κ1) is 19.7. The average Bonchev–Trinajstić information content (AvgIpc) is 3.56. The predicted octanol–water partition coefficient (Wildman–Crippen LogP) is 4.00. The van der Waals surface area contributed by atoms with E-state index in [-0.39, 0.29) is 11.9 Å². The molecular weight excluding hydrogens is 374 g/mol. The van der Waals surface area contributed by atoms with E-state index in [0.717, 1.165) is 36.9 Å². The Bertz CT molecular complexity index is 910. The van der Waals surface area contributed by atoms with Crippen molar-refractivity contribution in [1.82, 2.24) is 14.9 Å². The van der Waals surface area contributed by atoms with Gasteiger partial charge in [-0.2, -0.15) is 0 Å². The molecule has 2 aromatic rings. The minimum absolute atomic E-state index is 0.0915. The highest BCUT2D eigenvalue weighted by molar-refractivity contribution is 5.94. The SMILES string of the molecule is CC(C)(O)C1CCN1C(=O)c1cnc(CCc2cc(C3CC3)cc(C3CC3)c2)nc1. The zero-order chi connectivity index (χ0) is 20.9. The molecule has 5 heteroatoms. The fraction of sp³-hybridized carbons (Fsp3) is 0.560. The van der Waals surface area contributed by atoms with Crippen LogP contribution in [0.2, 0.25) is 0 Å². The molecular formula is C25H31N3O2. The smallest absolute Gasteiger partial charge is 0.257 e. The number of amides is 1. The van der Waals surface area contributed by atoms with Crippen LogP contribution >= 0.6 is 0 Å². The van der Waals surface area contributed by atoms with Gasteiger partial charge in [0, 0.05) is 25.4 Å². The van der Waals surface area contributed by atoms with Gasteiger partial charge in [0.1, 0.15) is 5.82 Å². The monoisotopic (exact) mass is 405 g/mol. The Morgan fingerprint density at radius 2 is 1.60 bits per heavy atom. The topological polar surface area (TPSA) is 66.3 Å². The Kier molecular flexibility index (Phi) is 4.89. The number of carbonyl (C=O) groups excluding carboxylic acids is 1. The van der Waals surface area contributed by atoms with Gasteiger partial charge in [-0.3, -0.25) is 4.79 Å². The Balaban J connectivity index is 1.23. The summed E-state index contributed by atoms with van der Waals surface area (Å²) >= 11 is 0. The summed E-state index contributed by atoms with van der Waals surface area (Å²) in [6.45, 7) is 4.18. The van der Waals surface area contributed by atoms with Gasteiger partial charge in [-0.1, -0.05) is 18.2 Å². The molecule has 2 aliphatic carbocycles. The summed E-state index contributed by atoms with van der Waals surface area (Å²) in [7, 11) is 0. The summed E-state index contributed by atoms with van der Waals surface area (Å²) in [6.07, 6.45) is 11.1. The van der Waals surface area contributed by atoms with Crippen molar-refractivity contribution in [3.05, 3.63) is 58.7 Å². The maximum absolute atomic E-state index is 12.7. The molecule has 0 spiro atoms. The van der Waals surface area contributed by atoms with Crippen molar-refractivity contribution >= 4 is 5.91 Å². The third kappa shape index (κ3) is 4.13. The van der Waals surface area contributed by atoms with Crippen molar-refractivity contribution in [3.8, 4) is 0 Å². The first-order valence-corrected chi connectivity index (χ1v) is 11.4. The summed E-state index contributed by atoms with van der Waals surface area (Å²) in [5.41, 5.74) is 4.04. The van der Waals surface area contributed by atoms with E-state index in [1.165, 1.54) is 42.4 Å². The van der Waals surface area contributed by atoms with Gasteiger partial charge < -0.3 is 10.0 Å². The number of hydrogen-bond donors (Lipinski definition) is 1. The molecule has 1 aliphatic heterocycles. The number of hydrogen-bond acceptors (Lipinski definition) is 4. The van der Waals surface area contributed by atoms with Gasteiger partial charge in [-0.25, -0.2) is 9.97 Å². The van der Waals surface area contributed by atoms with Gasteiger partial charge in [0.25, 0.3) is 5.91 Å². The minimum atomic E-state index is -0.886. The van der Waals surface area contributed by atoms with E-state index in [0.29, 0.717) is 12.1 Å². The van der Waals surface area contributed by atoms with Crippen molar-refractivity contribution in [3.63, 3.8) is 0 Å². The first-order valence-electron chi connectivity index (χ1n) is 11.4. The predicted molar refractivity (Wildman–Crippen MR) is 116 cm³/mol. The summed E-state index contributed by atoms with van der Waals surface area (Å²) in [5.74, 6) is 2.24. The van der Waals surface area contributed by atoms with E-state index in [9.17, 15) is 9.90 Å². The fourth-order valence-electron chi connectivity index (χ4n) is 4.58. The average molecular weight is 406 g/mol. The molecule has 1 aromatic carbocycles. The summed E-state index contributed by atoms with van der Waals surface area (Å²) in [5, 5.41) is 10.2. The van der Waals surface area contributed by atoms with E-state index in [1.807, 2.05) is 0 Å². The van der Waals surface area contributed by atoms with Crippen molar-refractivity contribution in [2.75, 3.05) is 6.54 Å². The normalized spacial score (nSPS) is 21.4. The van der Waals surface area contributed by atoms with Crippen molar-refractivity contribution < 1.29 is 9.90 Å². The molecule has 5 nitrogen and oxygen atoms in total. The van der Waals surface area contributed by atoms with E-state index < -0.39 is 5.60 Å². The maximum atomic E-state index is 12.7. The molecule has 30 heavy (non-hydrogen) atoms. The second kappa shape index (κ2) is 7.45. The molecule has 1 aromatic heterocycles. The maximum Gasteiger partial charge on any atom is 0.257 e. The molecule has 158 valence electrons. The van der Waals surface area contributed by atoms with Gasteiger partial charge in [0.15, 0.2) is 0 Å². The molecule has 0 radical (unpaired) electrons. The molecule has 5 rings (SSSR count). The van der Waals surface area contributed by atoms with Crippen LogP contribution in [0.15, 0.2) is 30.6 Å². The van der Waals surface area contributed by atoms with Gasteiger partial charge >= 0.3 is 0 Å². The molecule has 1 unspecified atom stereocenters. The van der Waals surface area contributed by atoms with E-state index in [2.05, 4.69) is 28.2 Å². The van der Waals surface area contributed by atoms with Crippen LogP contribution in [0.25, 0.3) is 0 Å². The van der Waals surface area contributed by atoms with Crippen LogP contribution in [0.1, 0.15) is 90.7 Å². The lowest BCUT2D eigenvalue weighted by atomic mass is 9.87. The van der Waals surface area contributed by atoms with Crippen LogP contribution in [0, 0.1) is 0 Å². The largest absolute Gasteiger partial charge is 0.388 e. The Labute approximate surface area is 178 Å². The number of rotatable bonds is 7. The molecule has 3 fully saturated rings. The van der Waals surface area contributed by atoms with Gasteiger partial charge in [-0.05, 0) is 80.9 Å². The third-order valence-electron chi connectivity index (χ3n) is 6.82. The number of aliphatic hydroxyl groups is 1. The second-order valence-electron chi connectivity index (χ2n) is 9.90. The quantitative estimate of drug-likeness (QED) is 0.756. The summed E-state index contributed by atoms with van der Waals surface area (Å²) in [6, 6.07) is 7.06. The molecule has 3 aliphatic rings. The van der Waals surface area contributed by atoms with Crippen LogP contribution in [0.5, 0.6) is 0 Å². The van der Waals surface area contributed by atoms with Gasteiger partial charge in [0.05, 0.1) is 17.2 Å². The third-order valence-corrected chi connectivity index (χ3v) is 6.82. The first-order chi connectivity index (χ1) is 14.4. The lowest BCUT2D eigenvalue weighted by Crippen LogP contribution is -2.60. The number of benzene rings is 1. The van der Waals surface area contributed by atoms with Gasteiger partial charge in [0.2, 0.25) is 0 Å². The molecule has 1 saturated heterocycles. The highest BCUT2D eigenvalue weighted by Gasteiger charge is 2.42. The number of aromatic nitrogens is 2. The zero-order valence-corrected chi connectivity index (χ0v) is 18.0. The molecule has 1 atom stereocenters. The summed E-state index contributed by atoms with van der Waals surface area (Å²) in [4.78, 5) is 23.4. The van der Waals surface area contributed by atoms with Crippen LogP contribution in [0.4, 0.5) is 0 Å². The van der Waals surface area contributed by atoms with E-state index in [4.69, 9.17) is 0 Å². The lowest BCUT2D eigenvalue weighted by Gasteiger charge is -2.47.